The van der Waals surface area contributed by atoms with E-state index in [0.29, 0.717) is 6.04 Å². The minimum absolute atomic E-state index is 0.140. The molecule has 0 bridgehead atoms. The van der Waals surface area contributed by atoms with Gasteiger partial charge in [-0.05, 0) is 31.1 Å². The monoisotopic (exact) mass is 181 g/mol. The molecular weight excluding hydrogens is 162 g/mol. The van der Waals surface area contributed by atoms with Gasteiger partial charge in [0.25, 0.3) is 0 Å². The maximum absolute atomic E-state index is 10.9. The first-order valence-corrected chi connectivity index (χ1v) is 5.53. The fourth-order valence-corrected chi connectivity index (χ4v) is 3.12. The predicted molar refractivity (Wildman–Crippen MR) is 52.3 cm³/mol. The molecule has 1 N–H and O–H groups in total. The van der Waals surface area contributed by atoms with E-state index in [4.69, 9.17) is 0 Å². The van der Waals surface area contributed by atoms with Crippen LogP contribution in [0.1, 0.15) is 45.4 Å². The van der Waals surface area contributed by atoms with Gasteiger partial charge in [0.1, 0.15) is 0 Å². The molecule has 0 saturated heterocycles. The Kier molecular flexibility index (Phi) is 2.56. The molecule has 0 radical (unpaired) electrons. The van der Waals surface area contributed by atoms with Crippen molar-refractivity contribution in [1.29, 1.82) is 0 Å². The van der Waals surface area contributed by atoms with Crippen molar-refractivity contribution in [1.82, 2.24) is 5.32 Å². The Morgan fingerprint density at radius 2 is 1.92 bits per heavy atom. The molecule has 0 aliphatic heterocycles. The van der Waals surface area contributed by atoms with E-state index in [0.717, 1.165) is 11.8 Å². The molecule has 3 atom stereocenters. The molecule has 74 valence electrons. The number of hydrogen-bond acceptors (Lipinski definition) is 1. The summed E-state index contributed by atoms with van der Waals surface area (Å²) in [7, 11) is 0. The summed E-state index contributed by atoms with van der Waals surface area (Å²) in [6.07, 6.45) is 8.06. The van der Waals surface area contributed by atoms with E-state index in [9.17, 15) is 4.79 Å². The number of rotatable bonds is 1. The van der Waals surface area contributed by atoms with Crippen LogP contribution in [0.4, 0.5) is 0 Å². The van der Waals surface area contributed by atoms with Crippen molar-refractivity contribution in [2.45, 2.75) is 51.5 Å². The van der Waals surface area contributed by atoms with Crippen LogP contribution in [0.3, 0.4) is 0 Å². The molecule has 13 heavy (non-hydrogen) atoms. The first-order valence-electron chi connectivity index (χ1n) is 5.53. The molecule has 0 aromatic rings. The van der Waals surface area contributed by atoms with Gasteiger partial charge in [0.15, 0.2) is 0 Å². The molecule has 0 unspecified atom stereocenters. The second-order valence-corrected chi connectivity index (χ2v) is 4.66. The van der Waals surface area contributed by atoms with Crippen LogP contribution in [0.5, 0.6) is 0 Å². The summed E-state index contributed by atoms with van der Waals surface area (Å²) < 4.78 is 0. The van der Waals surface area contributed by atoms with Crippen LogP contribution in [-0.2, 0) is 4.79 Å². The molecule has 0 aromatic heterocycles. The van der Waals surface area contributed by atoms with Crippen molar-refractivity contribution in [3.63, 3.8) is 0 Å². The number of fused-ring (bicyclic) bond motifs is 1. The van der Waals surface area contributed by atoms with Crippen LogP contribution < -0.4 is 5.32 Å². The summed E-state index contributed by atoms with van der Waals surface area (Å²) in [5, 5.41) is 3.06. The molecule has 1 amide bonds. The highest BCUT2D eigenvalue weighted by molar-refractivity contribution is 5.73. The van der Waals surface area contributed by atoms with Gasteiger partial charge in [-0.15, -0.1) is 0 Å². The zero-order valence-corrected chi connectivity index (χ0v) is 8.38. The number of carbonyl (C=O) groups excluding carboxylic acids is 1. The third-order valence-electron chi connectivity index (χ3n) is 3.70. The topological polar surface area (TPSA) is 29.1 Å². The standard InChI is InChI=1S/C11H19NO/c1-8(13)12-11-6-5-9-3-2-4-10(9)7-11/h9-11H,2-7H2,1H3,(H,12,13)/t9-,10-,11+/m1/s1. The first kappa shape index (κ1) is 9.04. The van der Waals surface area contributed by atoms with Crippen molar-refractivity contribution in [3.8, 4) is 0 Å². The van der Waals surface area contributed by atoms with Crippen molar-refractivity contribution < 1.29 is 4.79 Å². The summed E-state index contributed by atoms with van der Waals surface area (Å²) in [4.78, 5) is 10.9. The summed E-state index contributed by atoms with van der Waals surface area (Å²) in [5.41, 5.74) is 0. The van der Waals surface area contributed by atoms with E-state index in [1.807, 2.05) is 0 Å². The fourth-order valence-electron chi connectivity index (χ4n) is 3.12. The van der Waals surface area contributed by atoms with Crippen molar-refractivity contribution in [2.24, 2.45) is 11.8 Å². The van der Waals surface area contributed by atoms with Gasteiger partial charge < -0.3 is 5.32 Å². The lowest BCUT2D eigenvalue weighted by atomic mass is 9.79. The molecule has 2 nitrogen and oxygen atoms in total. The lowest BCUT2D eigenvalue weighted by Gasteiger charge is -2.32. The lowest BCUT2D eigenvalue weighted by Crippen LogP contribution is -2.38. The SMILES string of the molecule is CC(=O)N[C@H]1CC[C@H]2CCC[C@@H]2C1. The minimum Gasteiger partial charge on any atom is -0.354 e. The summed E-state index contributed by atoms with van der Waals surface area (Å²) in [6.45, 7) is 1.63. The fraction of sp³-hybridized carbons (Fsp3) is 0.909. The Morgan fingerprint density at radius 3 is 2.69 bits per heavy atom. The van der Waals surface area contributed by atoms with Crippen LogP contribution in [0.25, 0.3) is 0 Å². The highest BCUT2D eigenvalue weighted by atomic mass is 16.1. The number of nitrogens with one attached hydrogen (secondary N) is 1. The van der Waals surface area contributed by atoms with Crippen LogP contribution in [0.15, 0.2) is 0 Å². The Bertz CT molecular complexity index is 202. The molecule has 0 heterocycles. The summed E-state index contributed by atoms with van der Waals surface area (Å²) >= 11 is 0. The number of amides is 1. The lowest BCUT2D eigenvalue weighted by molar-refractivity contribution is -0.120. The van der Waals surface area contributed by atoms with Crippen LogP contribution in [0.2, 0.25) is 0 Å². The van der Waals surface area contributed by atoms with Crippen LogP contribution in [0, 0.1) is 11.8 Å². The maximum Gasteiger partial charge on any atom is 0.217 e. The van der Waals surface area contributed by atoms with Crippen LogP contribution >= 0.6 is 0 Å². The average Bonchev–Trinajstić information content (AvgIpc) is 2.49. The molecular formula is C11H19NO. The largest absolute Gasteiger partial charge is 0.354 e. The summed E-state index contributed by atoms with van der Waals surface area (Å²) in [6, 6.07) is 0.483. The van der Waals surface area contributed by atoms with E-state index >= 15 is 0 Å². The number of hydrogen-bond donors (Lipinski definition) is 1. The summed E-state index contributed by atoms with van der Waals surface area (Å²) in [5.74, 6) is 2.05. The maximum atomic E-state index is 10.9. The molecule has 2 aliphatic carbocycles. The highest BCUT2D eigenvalue weighted by Gasteiger charge is 2.33. The number of carbonyl (C=O) groups is 1. The van der Waals surface area contributed by atoms with Gasteiger partial charge in [0.2, 0.25) is 5.91 Å². The Balaban J connectivity index is 1.86. The van der Waals surface area contributed by atoms with Crippen molar-refractivity contribution in [2.75, 3.05) is 0 Å². The van der Waals surface area contributed by atoms with Gasteiger partial charge in [-0.3, -0.25) is 4.79 Å². The second-order valence-electron chi connectivity index (χ2n) is 4.66. The van der Waals surface area contributed by atoms with Crippen molar-refractivity contribution in [3.05, 3.63) is 0 Å². The smallest absolute Gasteiger partial charge is 0.217 e. The van der Waals surface area contributed by atoms with E-state index in [2.05, 4.69) is 5.32 Å². The third kappa shape index (κ3) is 2.04. The van der Waals surface area contributed by atoms with Gasteiger partial charge in [-0.25, -0.2) is 0 Å². The predicted octanol–water partition coefficient (Wildman–Crippen LogP) is 2.09. The molecule has 2 fully saturated rings. The Labute approximate surface area is 80.1 Å². The van der Waals surface area contributed by atoms with Gasteiger partial charge in [0, 0.05) is 13.0 Å². The van der Waals surface area contributed by atoms with E-state index in [1.165, 1.54) is 38.5 Å². The molecule has 2 heteroatoms. The van der Waals surface area contributed by atoms with Crippen molar-refractivity contribution >= 4 is 5.91 Å². The van der Waals surface area contributed by atoms with E-state index in [1.54, 1.807) is 6.92 Å². The molecule has 0 aromatic carbocycles. The van der Waals surface area contributed by atoms with Gasteiger partial charge in [-0.1, -0.05) is 19.3 Å². The normalized spacial score (nSPS) is 38.4. The molecule has 2 saturated carbocycles. The first-order chi connectivity index (χ1) is 6.25. The molecule has 0 spiro atoms. The molecule has 2 rings (SSSR count). The highest BCUT2D eigenvalue weighted by Crippen LogP contribution is 2.41. The van der Waals surface area contributed by atoms with E-state index < -0.39 is 0 Å². The zero-order chi connectivity index (χ0) is 9.26. The van der Waals surface area contributed by atoms with Gasteiger partial charge in [-0.2, -0.15) is 0 Å². The zero-order valence-electron chi connectivity index (χ0n) is 8.38. The minimum atomic E-state index is 0.140. The average molecular weight is 181 g/mol. The third-order valence-corrected chi connectivity index (χ3v) is 3.70. The Morgan fingerprint density at radius 1 is 1.15 bits per heavy atom. The van der Waals surface area contributed by atoms with Crippen LogP contribution in [-0.4, -0.2) is 11.9 Å². The van der Waals surface area contributed by atoms with Gasteiger partial charge >= 0.3 is 0 Å². The Hall–Kier alpha value is -0.530. The van der Waals surface area contributed by atoms with E-state index in [-0.39, 0.29) is 5.91 Å². The quantitative estimate of drug-likeness (QED) is 0.659. The molecule has 2 aliphatic rings. The second kappa shape index (κ2) is 3.69. The van der Waals surface area contributed by atoms with Gasteiger partial charge in [0.05, 0.1) is 0 Å².